The summed E-state index contributed by atoms with van der Waals surface area (Å²) < 4.78 is 51.1. The molecule has 1 atom stereocenters. The lowest BCUT2D eigenvalue weighted by atomic mass is 10.1. The van der Waals surface area contributed by atoms with Crippen LogP contribution in [0.15, 0.2) is 35.1 Å². The first-order chi connectivity index (χ1) is 16.3. The van der Waals surface area contributed by atoms with Gasteiger partial charge >= 0.3 is 6.18 Å². The fourth-order valence-corrected chi connectivity index (χ4v) is 4.15. The molecule has 2 aliphatic heterocycles. The molecule has 12 heteroatoms. The molecule has 180 valence electrons. The van der Waals surface area contributed by atoms with E-state index in [0.717, 1.165) is 24.0 Å². The van der Waals surface area contributed by atoms with Gasteiger partial charge in [-0.25, -0.2) is 4.98 Å². The van der Waals surface area contributed by atoms with Gasteiger partial charge in [-0.2, -0.15) is 18.2 Å². The van der Waals surface area contributed by atoms with E-state index in [4.69, 9.17) is 9.26 Å². The Balaban J connectivity index is 1.42. The maximum Gasteiger partial charge on any atom is 0.392 e. The van der Waals surface area contributed by atoms with E-state index in [9.17, 15) is 18.0 Å². The number of fused-ring (bicyclic) bond motifs is 3. The molecule has 2 aromatic heterocycles. The number of imidazole rings is 1. The van der Waals surface area contributed by atoms with Crippen molar-refractivity contribution in [2.75, 3.05) is 37.7 Å². The third-order valence-electron chi connectivity index (χ3n) is 6.10. The number of para-hydroxylation sites is 2. The van der Waals surface area contributed by atoms with Gasteiger partial charge in [0.2, 0.25) is 17.6 Å². The molecule has 3 aromatic rings. The molecular formula is C22H23F3N6O3. The highest BCUT2D eigenvalue weighted by Crippen LogP contribution is 2.35. The number of amides is 1. The number of alkyl halides is 3. The number of aromatic nitrogens is 4. The summed E-state index contributed by atoms with van der Waals surface area (Å²) in [6, 6.07) is 7.65. The molecule has 34 heavy (non-hydrogen) atoms. The molecule has 0 saturated carbocycles. The standard InChI is InChI=1S/C22H23F3N6O3/c1-14(22(23,24)25)10-18-27-21(28-34-18)20-17-11-30(12-19(32)29-6-8-33-9-7-29)15-4-2-3-5-16(15)31(17)13-26-20/h2-5,13-14H,6-12H2,1H3. The van der Waals surface area contributed by atoms with Crippen LogP contribution in [-0.4, -0.2) is 69.5 Å². The summed E-state index contributed by atoms with van der Waals surface area (Å²) in [6.07, 6.45) is -3.13. The van der Waals surface area contributed by atoms with Crippen molar-refractivity contribution in [3.8, 4) is 17.2 Å². The van der Waals surface area contributed by atoms with E-state index in [1.54, 1.807) is 11.2 Å². The molecule has 1 fully saturated rings. The summed E-state index contributed by atoms with van der Waals surface area (Å²) in [5, 5.41) is 3.88. The van der Waals surface area contributed by atoms with Crippen LogP contribution in [0, 0.1) is 5.92 Å². The van der Waals surface area contributed by atoms with Crippen LogP contribution < -0.4 is 4.90 Å². The number of hydrogen-bond donors (Lipinski definition) is 0. The van der Waals surface area contributed by atoms with Crippen molar-refractivity contribution in [2.45, 2.75) is 26.1 Å². The van der Waals surface area contributed by atoms with Crippen LogP contribution in [0.2, 0.25) is 0 Å². The number of halogens is 3. The number of rotatable bonds is 5. The van der Waals surface area contributed by atoms with Crippen molar-refractivity contribution in [3.05, 3.63) is 42.2 Å². The quantitative estimate of drug-likeness (QED) is 0.560. The van der Waals surface area contributed by atoms with Crippen LogP contribution >= 0.6 is 0 Å². The first-order valence-electron chi connectivity index (χ1n) is 11.0. The van der Waals surface area contributed by atoms with Gasteiger partial charge in [0.1, 0.15) is 12.0 Å². The molecule has 9 nitrogen and oxygen atoms in total. The lowest BCUT2D eigenvalue weighted by molar-refractivity contribution is -0.170. The van der Waals surface area contributed by atoms with E-state index >= 15 is 0 Å². The van der Waals surface area contributed by atoms with Gasteiger partial charge in [0.05, 0.1) is 49.3 Å². The second kappa shape index (κ2) is 8.75. The molecular weight excluding hydrogens is 453 g/mol. The van der Waals surface area contributed by atoms with Crippen LogP contribution in [0.1, 0.15) is 18.5 Å². The molecule has 5 rings (SSSR count). The Labute approximate surface area is 193 Å². The zero-order valence-corrected chi connectivity index (χ0v) is 18.5. The van der Waals surface area contributed by atoms with E-state index in [-0.39, 0.29) is 24.2 Å². The Hall–Kier alpha value is -3.41. The SMILES string of the molecule is CC(Cc1nc(-c2ncn3c2CN(CC(=O)N2CCOCC2)c2ccccc2-3)no1)C(F)(F)F. The maximum atomic E-state index is 12.9. The number of ether oxygens (including phenoxy) is 1. The van der Waals surface area contributed by atoms with Crippen LogP contribution in [0.5, 0.6) is 0 Å². The smallest absolute Gasteiger partial charge is 0.378 e. The lowest BCUT2D eigenvalue weighted by Crippen LogP contribution is -2.46. The van der Waals surface area contributed by atoms with Crippen LogP contribution in [0.25, 0.3) is 17.2 Å². The van der Waals surface area contributed by atoms with Gasteiger partial charge in [-0.3, -0.25) is 9.36 Å². The van der Waals surface area contributed by atoms with Crippen molar-refractivity contribution < 1.29 is 27.2 Å². The van der Waals surface area contributed by atoms with E-state index in [0.29, 0.717) is 38.5 Å². The van der Waals surface area contributed by atoms with Gasteiger partial charge < -0.3 is 19.1 Å². The molecule has 1 saturated heterocycles. The van der Waals surface area contributed by atoms with E-state index in [1.165, 1.54) is 0 Å². The fraction of sp³-hybridized carbons (Fsp3) is 0.455. The van der Waals surface area contributed by atoms with Crippen LogP contribution in [0.4, 0.5) is 18.9 Å². The third kappa shape index (κ3) is 4.25. The molecule has 1 unspecified atom stereocenters. The van der Waals surface area contributed by atoms with Gasteiger partial charge in [-0.15, -0.1) is 0 Å². The summed E-state index contributed by atoms with van der Waals surface area (Å²) in [4.78, 5) is 25.3. The van der Waals surface area contributed by atoms with Crippen molar-refractivity contribution in [1.29, 1.82) is 0 Å². The largest absolute Gasteiger partial charge is 0.392 e. The summed E-state index contributed by atoms with van der Waals surface area (Å²) in [5.74, 6) is -1.59. The van der Waals surface area contributed by atoms with Crippen LogP contribution in [0.3, 0.4) is 0 Å². The van der Waals surface area contributed by atoms with Crippen molar-refractivity contribution in [2.24, 2.45) is 5.92 Å². The number of anilines is 1. The van der Waals surface area contributed by atoms with E-state index < -0.39 is 18.5 Å². The highest BCUT2D eigenvalue weighted by molar-refractivity contribution is 5.83. The Morgan fingerprint density at radius 2 is 1.91 bits per heavy atom. The lowest BCUT2D eigenvalue weighted by Gasteiger charge is -2.34. The second-order valence-electron chi connectivity index (χ2n) is 8.41. The minimum atomic E-state index is -4.35. The van der Waals surface area contributed by atoms with Crippen molar-refractivity contribution >= 4 is 11.6 Å². The number of benzene rings is 1. The molecule has 0 radical (unpaired) electrons. The predicted octanol–water partition coefficient (Wildman–Crippen LogP) is 2.84. The fourth-order valence-electron chi connectivity index (χ4n) is 4.15. The van der Waals surface area contributed by atoms with Gasteiger partial charge in [0.15, 0.2) is 0 Å². The Kier molecular flexibility index (Phi) is 5.76. The predicted molar refractivity (Wildman–Crippen MR) is 114 cm³/mol. The number of carbonyl (C=O) groups excluding carboxylic acids is 1. The Morgan fingerprint density at radius 1 is 1.18 bits per heavy atom. The second-order valence-corrected chi connectivity index (χ2v) is 8.41. The van der Waals surface area contributed by atoms with Gasteiger partial charge in [0, 0.05) is 19.5 Å². The third-order valence-corrected chi connectivity index (χ3v) is 6.10. The molecule has 1 aromatic carbocycles. The average Bonchev–Trinajstić information content (AvgIpc) is 3.46. The highest BCUT2D eigenvalue weighted by Gasteiger charge is 2.37. The average molecular weight is 476 g/mol. The van der Waals surface area contributed by atoms with E-state index in [2.05, 4.69) is 15.1 Å². The summed E-state index contributed by atoms with van der Waals surface area (Å²) in [5.41, 5.74) is 2.86. The number of morpholine rings is 1. The molecule has 1 amide bonds. The van der Waals surface area contributed by atoms with Crippen LogP contribution in [-0.2, 0) is 22.5 Å². The van der Waals surface area contributed by atoms with Gasteiger partial charge in [0.25, 0.3) is 0 Å². The zero-order chi connectivity index (χ0) is 23.9. The molecule has 0 N–H and O–H groups in total. The monoisotopic (exact) mass is 476 g/mol. The normalized spacial score (nSPS) is 16.8. The molecule has 0 spiro atoms. The summed E-state index contributed by atoms with van der Waals surface area (Å²) in [7, 11) is 0. The topological polar surface area (TPSA) is 89.5 Å². The first-order valence-corrected chi connectivity index (χ1v) is 11.0. The van der Waals surface area contributed by atoms with Crippen molar-refractivity contribution in [3.63, 3.8) is 0 Å². The van der Waals surface area contributed by atoms with Gasteiger partial charge in [-0.05, 0) is 12.1 Å². The summed E-state index contributed by atoms with van der Waals surface area (Å²) >= 11 is 0. The molecule has 0 bridgehead atoms. The molecule has 4 heterocycles. The first kappa shape index (κ1) is 22.4. The highest BCUT2D eigenvalue weighted by atomic mass is 19.4. The number of nitrogens with zero attached hydrogens (tertiary/aromatic N) is 6. The Bertz CT molecular complexity index is 1180. The van der Waals surface area contributed by atoms with E-state index in [1.807, 2.05) is 33.7 Å². The zero-order valence-electron chi connectivity index (χ0n) is 18.5. The molecule has 0 aliphatic carbocycles. The molecule has 2 aliphatic rings. The minimum absolute atomic E-state index is 0.00407. The maximum absolute atomic E-state index is 12.9. The number of hydrogen-bond acceptors (Lipinski definition) is 7. The Morgan fingerprint density at radius 3 is 2.65 bits per heavy atom. The summed E-state index contributed by atoms with van der Waals surface area (Å²) in [6.45, 7) is 3.74. The van der Waals surface area contributed by atoms with Gasteiger partial charge in [-0.1, -0.05) is 24.2 Å². The minimum Gasteiger partial charge on any atom is -0.378 e. The number of carbonyl (C=O) groups is 1. The van der Waals surface area contributed by atoms with Crippen molar-refractivity contribution in [1.82, 2.24) is 24.6 Å².